The average Bonchev–Trinajstić information content (AvgIpc) is 2.79. The third-order valence-electron chi connectivity index (χ3n) is 3.25. The van der Waals surface area contributed by atoms with Crippen LogP contribution in [0.1, 0.15) is 31.7 Å². The van der Waals surface area contributed by atoms with Gasteiger partial charge in [0.15, 0.2) is 0 Å². The molecule has 0 amide bonds. The smallest absolute Gasteiger partial charge is 0.124 e. The van der Waals surface area contributed by atoms with Crippen molar-refractivity contribution in [1.29, 1.82) is 5.26 Å². The van der Waals surface area contributed by atoms with Crippen LogP contribution in [0.3, 0.4) is 0 Å². The quantitative estimate of drug-likeness (QED) is 0.899. The number of hydrogen-bond donors (Lipinski definition) is 1. The molecule has 0 bridgehead atoms. The number of thioether (sulfide) groups is 1. The van der Waals surface area contributed by atoms with Crippen molar-refractivity contribution < 1.29 is 4.39 Å². The molecule has 2 atom stereocenters. The minimum Gasteiger partial charge on any atom is -0.381 e. The maximum Gasteiger partial charge on any atom is 0.124 e. The Morgan fingerprint density at radius 3 is 3.06 bits per heavy atom. The predicted molar refractivity (Wildman–Crippen MR) is 74.3 cm³/mol. The van der Waals surface area contributed by atoms with E-state index in [1.807, 2.05) is 17.8 Å². The Morgan fingerprint density at radius 1 is 1.50 bits per heavy atom. The van der Waals surface area contributed by atoms with Crippen molar-refractivity contribution in [3.63, 3.8) is 0 Å². The second-order valence-corrected chi connectivity index (χ2v) is 6.11. The lowest BCUT2D eigenvalue weighted by Crippen LogP contribution is -2.16. The van der Waals surface area contributed by atoms with E-state index in [-0.39, 0.29) is 5.82 Å². The van der Waals surface area contributed by atoms with Gasteiger partial charge in [0.1, 0.15) is 11.9 Å². The topological polar surface area (TPSA) is 35.8 Å². The van der Waals surface area contributed by atoms with Gasteiger partial charge in [0.25, 0.3) is 0 Å². The lowest BCUT2D eigenvalue weighted by atomic mass is 10.1. The normalized spacial score (nSPS) is 22.7. The molecule has 0 aliphatic heterocycles. The third-order valence-corrected chi connectivity index (χ3v) is 4.48. The molecule has 4 heteroatoms. The molecular formula is C14H17FN2S. The molecule has 1 aromatic carbocycles. The van der Waals surface area contributed by atoms with Crippen molar-refractivity contribution in [1.82, 2.24) is 0 Å². The molecule has 1 aliphatic carbocycles. The zero-order valence-electron chi connectivity index (χ0n) is 10.4. The highest BCUT2D eigenvalue weighted by Crippen LogP contribution is 2.32. The maximum absolute atomic E-state index is 13.0. The van der Waals surface area contributed by atoms with Gasteiger partial charge in [-0.2, -0.15) is 17.0 Å². The molecule has 0 heterocycles. The summed E-state index contributed by atoms with van der Waals surface area (Å²) in [6.07, 6.45) is 3.47. The molecule has 1 N–H and O–H groups in total. The summed E-state index contributed by atoms with van der Waals surface area (Å²) in [5.41, 5.74) is 1.15. The SMILES string of the molecule is CCSC1CCC(Nc2ccc(F)cc2C#N)C1. The predicted octanol–water partition coefficient (Wildman–Crippen LogP) is 3.78. The lowest BCUT2D eigenvalue weighted by molar-refractivity contribution is 0.627. The van der Waals surface area contributed by atoms with Gasteiger partial charge >= 0.3 is 0 Å². The van der Waals surface area contributed by atoms with Crippen LogP contribution in [0.5, 0.6) is 0 Å². The Kier molecular flexibility index (Phi) is 4.48. The summed E-state index contributed by atoms with van der Waals surface area (Å²) in [5, 5.41) is 13.1. The van der Waals surface area contributed by atoms with E-state index in [2.05, 4.69) is 12.2 Å². The number of halogens is 1. The summed E-state index contributed by atoms with van der Waals surface area (Å²) in [4.78, 5) is 0. The zero-order chi connectivity index (χ0) is 13.0. The number of benzene rings is 1. The van der Waals surface area contributed by atoms with Crippen LogP contribution >= 0.6 is 11.8 Å². The van der Waals surface area contributed by atoms with Gasteiger partial charge in [0, 0.05) is 11.3 Å². The van der Waals surface area contributed by atoms with Crippen molar-refractivity contribution in [2.24, 2.45) is 0 Å². The number of anilines is 1. The molecule has 1 aromatic rings. The molecule has 0 spiro atoms. The van der Waals surface area contributed by atoms with Gasteiger partial charge in [-0.05, 0) is 43.2 Å². The Labute approximate surface area is 112 Å². The van der Waals surface area contributed by atoms with Gasteiger partial charge in [-0.3, -0.25) is 0 Å². The van der Waals surface area contributed by atoms with E-state index in [0.29, 0.717) is 11.6 Å². The molecule has 1 saturated carbocycles. The van der Waals surface area contributed by atoms with Crippen molar-refractivity contribution >= 4 is 17.4 Å². The molecule has 1 fully saturated rings. The van der Waals surface area contributed by atoms with E-state index in [4.69, 9.17) is 5.26 Å². The molecule has 1 aliphatic rings. The minimum atomic E-state index is -0.358. The highest BCUT2D eigenvalue weighted by Gasteiger charge is 2.24. The fourth-order valence-electron chi connectivity index (χ4n) is 2.41. The van der Waals surface area contributed by atoms with Crippen LogP contribution in [-0.2, 0) is 0 Å². The summed E-state index contributed by atoms with van der Waals surface area (Å²) in [7, 11) is 0. The first-order valence-electron chi connectivity index (χ1n) is 6.30. The first kappa shape index (κ1) is 13.2. The Balaban J connectivity index is 2.00. The van der Waals surface area contributed by atoms with Gasteiger partial charge < -0.3 is 5.32 Å². The molecule has 2 unspecified atom stereocenters. The zero-order valence-corrected chi connectivity index (χ0v) is 11.3. The highest BCUT2D eigenvalue weighted by atomic mass is 32.2. The molecule has 18 heavy (non-hydrogen) atoms. The van der Waals surface area contributed by atoms with E-state index in [0.717, 1.165) is 29.5 Å². The fraction of sp³-hybridized carbons (Fsp3) is 0.500. The van der Waals surface area contributed by atoms with Crippen LogP contribution < -0.4 is 5.32 Å². The fourth-order valence-corrected chi connectivity index (χ4v) is 3.56. The summed E-state index contributed by atoms with van der Waals surface area (Å²) >= 11 is 2.00. The minimum absolute atomic E-state index is 0.358. The number of nitriles is 1. The summed E-state index contributed by atoms with van der Waals surface area (Å²) < 4.78 is 13.0. The van der Waals surface area contributed by atoms with Crippen molar-refractivity contribution in [3.8, 4) is 6.07 Å². The first-order valence-corrected chi connectivity index (χ1v) is 7.35. The molecule has 0 aromatic heterocycles. The summed E-state index contributed by atoms with van der Waals surface area (Å²) in [5.74, 6) is 0.792. The number of nitrogens with zero attached hydrogens (tertiary/aromatic N) is 1. The maximum atomic E-state index is 13.0. The van der Waals surface area contributed by atoms with E-state index in [1.165, 1.54) is 18.6 Å². The van der Waals surface area contributed by atoms with Crippen LogP contribution in [0, 0.1) is 17.1 Å². The van der Waals surface area contributed by atoms with E-state index in [1.54, 1.807) is 6.07 Å². The molecule has 96 valence electrons. The van der Waals surface area contributed by atoms with Crippen LogP contribution in [0.15, 0.2) is 18.2 Å². The third kappa shape index (κ3) is 3.17. The molecular weight excluding hydrogens is 247 g/mol. The van der Waals surface area contributed by atoms with Gasteiger partial charge in [0.2, 0.25) is 0 Å². The van der Waals surface area contributed by atoms with Crippen molar-refractivity contribution in [3.05, 3.63) is 29.6 Å². The van der Waals surface area contributed by atoms with Crippen LogP contribution in [0.25, 0.3) is 0 Å². The second kappa shape index (κ2) is 6.10. The van der Waals surface area contributed by atoms with Crippen LogP contribution in [0.2, 0.25) is 0 Å². The van der Waals surface area contributed by atoms with E-state index in [9.17, 15) is 4.39 Å². The largest absolute Gasteiger partial charge is 0.381 e. The lowest BCUT2D eigenvalue weighted by Gasteiger charge is -2.15. The van der Waals surface area contributed by atoms with E-state index >= 15 is 0 Å². The standard InChI is InChI=1S/C14H17FN2S/c1-2-18-13-5-4-12(8-13)17-14-6-3-11(15)7-10(14)9-16/h3,6-7,12-13,17H,2,4-5,8H2,1H3. The summed E-state index contributed by atoms with van der Waals surface area (Å²) in [6.45, 7) is 2.18. The van der Waals surface area contributed by atoms with Crippen molar-refractivity contribution in [2.75, 3.05) is 11.1 Å². The van der Waals surface area contributed by atoms with E-state index < -0.39 is 0 Å². The molecule has 0 saturated heterocycles. The Morgan fingerprint density at radius 2 is 2.33 bits per heavy atom. The molecule has 2 nitrogen and oxygen atoms in total. The van der Waals surface area contributed by atoms with Crippen molar-refractivity contribution in [2.45, 2.75) is 37.5 Å². The van der Waals surface area contributed by atoms with Gasteiger partial charge in [-0.25, -0.2) is 4.39 Å². The van der Waals surface area contributed by atoms with Crippen LogP contribution in [0.4, 0.5) is 10.1 Å². The Bertz CT molecular complexity index is 456. The Hall–Kier alpha value is -1.21. The van der Waals surface area contributed by atoms with Gasteiger partial charge in [0.05, 0.1) is 11.3 Å². The molecule has 2 rings (SSSR count). The number of hydrogen-bond acceptors (Lipinski definition) is 3. The second-order valence-electron chi connectivity index (χ2n) is 4.53. The van der Waals surface area contributed by atoms with Gasteiger partial charge in [-0.15, -0.1) is 0 Å². The average molecular weight is 264 g/mol. The van der Waals surface area contributed by atoms with Gasteiger partial charge in [-0.1, -0.05) is 6.92 Å². The highest BCUT2D eigenvalue weighted by molar-refractivity contribution is 7.99. The first-order chi connectivity index (χ1) is 8.72. The number of rotatable bonds is 4. The summed E-state index contributed by atoms with van der Waals surface area (Å²) in [6, 6.07) is 6.80. The number of nitrogens with one attached hydrogen (secondary N) is 1. The monoisotopic (exact) mass is 264 g/mol. The molecule has 0 radical (unpaired) electrons. The van der Waals surface area contributed by atoms with Crippen LogP contribution in [-0.4, -0.2) is 17.0 Å².